The maximum absolute atomic E-state index is 9.65. The van der Waals surface area contributed by atoms with Gasteiger partial charge in [0.05, 0.1) is 20.6 Å². The van der Waals surface area contributed by atoms with Crippen LogP contribution in [0.25, 0.3) is 0 Å². The number of halogens is 2. The van der Waals surface area contributed by atoms with E-state index < -0.39 is 0 Å². The lowest BCUT2D eigenvalue weighted by Crippen LogP contribution is -2.12. The number of hydrogen-bond acceptors (Lipinski definition) is 3. The molecule has 0 unspecified atom stereocenters. The molecule has 2 aromatic rings. The highest BCUT2D eigenvalue weighted by atomic mass is 79.9. The second kappa shape index (κ2) is 6.89. The van der Waals surface area contributed by atoms with Gasteiger partial charge in [0, 0.05) is 13.1 Å². The van der Waals surface area contributed by atoms with Crippen LogP contribution in [-0.2, 0) is 13.1 Å². The zero-order valence-corrected chi connectivity index (χ0v) is 13.7. The predicted octanol–water partition coefficient (Wildman–Crippen LogP) is 4.08. The Morgan fingerprint density at radius 2 is 1.70 bits per heavy atom. The summed E-state index contributed by atoms with van der Waals surface area (Å²) in [5, 5.41) is 21.8. The van der Waals surface area contributed by atoms with Crippen LogP contribution in [0.2, 0.25) is 0 Å². The smallest absolute Gasteiger partial charge is 0.143 e. The number of phenolic OH excluding ortho intramolecular Hbond substituents is 1. The Kier molecular flexibility index (Phi) is 5.18. The molecule has 0 atom stereocenters. The third-order valence-electron chi connectivity index (χ3n) is 2.79. The van der Waals surface area contributed by atoms with Gasteiger partial charge in [0.15, 0.2) is 0 Å². The van der Waals surface area contributed by atoms with E-state index in [9.17, 15) is 5.11 Å². The van der Waals surface area contributed by atoms with Crippen molar-refractivity contribution >= 4 is 31.9 Å². The van der Waals surface area contributed by atoms with Crippen molar-refractivity contribution in [1.29, 1.82) is 5.26 Å². The van der Waals surface area contributed by atoms with Gasteiger partial charge < -0.3 is 10.4 Å². The molecule has 0 aromatic heterocycles. The lowest BCUT2D eigenvalue weighted by atomic mass is 10.1. The van der Waals surface area contributed by atoms with Gasteiger partial charge in [-0.1, -0.05) is 12.1 Å². The van der Waals surface area contributed by atoms with Crippen LogP contribution in [0.3, 0.4) is 0 Å². The van der Waals surface area contributed by atoms with Crippen molar-refractivity contribution in [3.05, 3.63) is 62.0 Å². The van der Waals surface area contributed by atoms with Crippen LogP contribution in [-0.4, -0.2) is 5.11 Å². The highest BCUT2D eigenvalue weighted by molar-refractivity contribution is 9.11. The fourth-order valence-electron chi connectivity index (χ4n) is 1.82. The Hall–Kier alpha value is -1.35. The van der Waals surface area contributed by atoms with E-state index in [4.69, 9.17) is 5.26 Å². The normalized spacial score (nSPS) is 10.2. The van der Waals surface area contributed by atoms with Crippen molar-refractivity contribution < 1.29 is 5.11 Å². The standard InChI is InChI=1S/C15H12Br2N2O/c16-13-5-12(6-14(17)15(13)20)9-19-8-11-3-1-2-10(4-11)7-18/h1-6,19-20H,8-9H2. The summed E-state index contributed by atoms with van der Waals surface area (Å²) in [5.41, 5.74) is 2.79. The molecule has 0 radical (unpaired) electrons. The first-order valence-electron chi connectivity index (χ1n) is 5.97. The minimum atomic E-state index is 0.204. The highest BCUT2D eigenvalue weighted by Gasteiger charge is 2.05. The van der Waals surface area contributed by atoms with Crippen molar-refractivity contribution in [2.75, 3.05) is 0 Å². The summed E-state index contributed by atoms with van der Waals surface area (Å²) < 4.78 is 1.32. The molecule has 20 heavy (non-hydrogen) atoms. The molecule has 0 aliphatic heterocycles. The molecule has 5 heteroatoms. The second-order valence-corrected chi connectivity index (χ2v) is 6.03. The average Bonchev–Trinajstić information content (AvgIpc) is 2.45. The molecule has 0 fully saturated rings. The van der Waals surface area contributed by atoms with Gasteiger partial charge >= 0.3 is 0 Å². The van der Waals surface area contributed by atoms with E-state index in [-0.39, 0.29) is 5.75 Å². The molecule has 0 saturated carbocycles. The van der Waals surface area contributed by atoms with E-state index in [0.717, 1.165) is 11.1 Å². The first-order chi connectivity index (χ1) is 9.60. The summed E-state index contributed by atoms with van der Waals surface area (Å²) in [6.45, 7) is 1.36. The van der Waals surface area contributed by atoms with Crippen LogP contribution < -0.4 is 5.32 Å². The predicted molar refractivity (Wildman–Crippen MR) is 85.2 cm³/mol. The Balaban J connectivity index is 1.98. The van der Waals surface area contributed by atoms with E-state index in [1.54, 1.807) is 6.07 Å². The number of benzene rings is 2. The number of nitrogens with zero attached hydrogens (tertiary/aromatic N) is 1. The maximum Gasteiger partial charge on any atom is 0.143 e. The summed E-state index contributed by atoms with van der Waals surface area (Å²) >= 11 is 6.62. The topological polar surface area (TPSA) is 56.0 Å². The molecule has 2 rings (SSSR count). The Morgan fingerprint density at radius 1 is 1.05 bits per heavy atom. The summed E-state index contributed by atoms with van der Waals surface area (Å²) in [6.07, 6.45) is 0. The highest BCUT2D eigenvalue weighted by Crippen LogP contribution is 2.33. The molecule has 0 spiro atoms. The van der Waals surface area contributed by atoms with Crippen LogP contribution in [0.4, 0.5) is 0 Å². The van der Waals surface area contributed by atoms with E-state index in [1.807, 2.05) is 30.3 Å². The number of hydrogen-bond donors (Lipinski definition) is 2. The Labute approximate surface area is 134 Å². The van der Waals surface area contributed by atoms with Gasteiger partial charge in [-0.3, -0.25) is 0 Å². The monoisotopic (exact) mass is 394 g/mol. The molecule has 2 aromatic carbocycles. The Bertz CT molecular complexity index is 642. The van der Waals surface area contributed by atoms with E-state index in [0.29, 0.717) is 27.6 Å². The summed E-state index contributed by atoms with van der Waals surface area (Å²) in [6, 6.07) is 13.4. The molecule has 0 aliphatic rings. The van der Waals surface area contributed by atoms with Crippen molar-refractivity contribution in [3.63, 3.8) is 0 Å². The quantitative estimate of drug-likeness (QED) is 0.819. The van der Waals surface area contributed by atoms with E-state index in [2.05, 4.69) is 43.2 Å². The van der Waals surface area contributed by atoms with Crippen molar-refractivity contribution in [2.45, 2.75) is 13.1 Å². The number of nitriles is 1. The fraction of sp³-hybridized carbons (Fsp3) is 0.133. The third kappa shape index (κ3) is 3.83. The maximum atomic E-state index is 9.65. The Morgan fingerprint density at radius 3 is 2.35 bits per heavy atom. The fourth-order valence-corrected chi connectivity index (χ4v) is 3.10. The lowest BCUT2D eigenvalue weighted by molar-refractivity contribution is 0.468. The SMILES string of the molecule is N#Cc1cccc(CNCc2cc(Br)c(O)c(Br)c2)c1. The van der Waals surface area contributed by atoms with Gasteiger partial charge in [-0.25, -0.2) is 0 Å². The molecule has 102 valence electrons. The first kappa shape index (κ1) is 15.0. The number of nitrogens with one attached hydrogen (secondary N) is 1. The van der Waals surface area contributed by atoms with E-state index >= 15 is 0 Å². The van der Waals surface area contributed by atoms with Crippen LogP contribution >= 0.6 is 31.9 Å². The molecule has 0 bridgehead atoms. The zero-order valence-electron chi connectivity index (χ0n) is 10.5. The second-order valence-electron chi connectivity index (χ2n) is 4.32. The molecule has 0 amide bonds. The summed E-state index contributed by atoms with van der Waals surface area (Å²) in [5.74, 6) is 0.204. The van der Waals surface area contributed by atoms with Crippen LogP contribution in [0.15, 0.2) is 45.3 Å². The van der Waals surface area contributed by atoms with Gasteiger partial charge in [-0.2, -0.15) is 5.26 Å². The third-order valence-corrected chi connectivity index (χ3v) is 4.00. The van der Waals surface area contributed by atoms with Crippen LogP contribution in [0.1, 0.15) is 16.7 Å². The number of rotatable bonds is 4. The average molecular weight is 396 g/mol. The van der Waals surface area contributed by atoms with Gasteiger partial charge in [0.1, 0.15) is 5.75 Å². The van der Waals surface area contributed by atoms with Gasteiger partial charge in [0.25, 0.3) is 0 Å². The molecule has 0 heterocycles. The van der Waals surface area contributed by atoms with Gasteiger partial charge in [-0.15, -0.1) is 0 Å². The van der Waals surface area contributed by atoms with Crippen LogP contribution in [0, 0.1) is 11.3 Å². The molecule has 0 aliphatic carbocycles. The van der Waals surface area contributed by atoms with E-state index in [1.165, 1.54) is 0 Å². The molecule has 3 nitrogen and oxygen atoms in total. The summed E-state index contributed by atoms with van der Waals surface area (Å²) in [4.78, 5) is 0. The first-order valence-corrected chi connectivity index (χ1v) is 7.55. The van der Waals surface area contributed by atoms with Gasteiger partial charge in [0.2, 0.25) is 0 Å². The number of phenols is 1. The van der Waals surface area contributed by atoms with Crippen molar-refractivity contribution in [2.24, 2.45) is 0 Å². The zero-order chi connectivity index (χ0) is 14.5. The molecule has 0 saturated heterocycles. The molecular weight excluding hydrogens is 384 g/mol. The summed E-state index contributed by atoms with van der Waals surface area (Å²) in [7, 11) is 0. The van der Waals surface area contributed by atoms with Gasteiger partial charge in [-0.05, 0) is 67.3 Å². The lowest BCUT2D eigenvalue weighted by Gasteiger charge is -2.08. The minimum absolute atomic E-state index is 0.204. The van der Waals surface area contributed by atoms with Crippen LogP contribution in [0.5, 0.6) is 5.75 Å². The van der Waals surface area contributed by atoms with Crippen molar-refractivity contribution in [3.8, 4) is 11.8 Å². The number of aromatic hydroxyl groups is 1. The molecular formula is C15H12Br2N2O. The molecule has 2 N–H and O–H groups in total. The van der Waals surface area contributed by atoms with Crippen molar-refractivity contribution in [1.82, 2.24) is 5.32 Å². The largest absolute Gasteiger partial charge is 0.506 e. The minimum Gasteiger partial charge on any atom is -0.506 e.